The van der Waals surface area contributed by atoms with E-state index in [2.05, 4.69) is 17.9 Å². The van der Waals surface area contributed by atoms with Crippen molar-refractivity contribution in [1.29, 1.82) is 0 Å². The third kappa shape index (κ3) is 6.93. The smallest absolute Gasteiger partial charge is 0.328 e. The highest BCUT2D eigenvalue weighted by Crippen LogP contribution is 2.16. The molecule has 0 spiro atoms. The van der Waals surface area contributed by atoms with E-state index in [4.69, 9.17) is 4.55 Å². The van der Waals surface area contributed by atoms with Crippen LogP contribution in [0.15, 0.2) is 30.3 Å². The molecule has 0 aliphatic rings. The van der Waals surface area contributed by atoms with Crippen LogP contribution in [0.5, 0.6) is 0 Å². The molecule has 3 atom stereocenters. The maximum absolute atomic E-state index is 12.8. The number of benzene rings is 1. The molecule has 1 aromatic carbocycles. The topological polar surface area (TPSA) is 175 Å². The quantitative estimate of drug-likeness (QED) is 0.277. The number of nitrogens with one attached hydrogen (secondary N) is 1. The van der Waals surface area contributed by atoms with Crippen LogP contribution in [-0.2, 0) is 29.3 Å². The Labute approximate surface area is 177 Å². The van der Waals surface area contributed by atoms with Gasteiger partial charge in [0, 0.05) is 19.4 Å². The van der Waals surface area contributed by atoms with Gasteiger partial charge in [0.25, 0.3) is 16.0 Å². The van der Waals surface area contributed by atoms with E-state index in [1.54, 1.807) is 6.07 Å². The fourth-order valence-electron chi connectivity index (χ4n) is 2.60. The third-order valence-corrected chi connectivity index (χ3v) is 5.15. The highest BCUT2D eigenvalue weighted by molar-refractivity contribution is 7.85. The van der Waals surface area contributed by atoms with Gasteiger partial charge in [-0.2, -0.15) is 21.0 Å². The van der Waals surface area contributed by atoms with Crippen molar-refractivity contribution >= 4 is 52.2 Å². The molecule has 0 aliphatic heterocycles. The van der Waals surface area contributed by atoms with Crippen LogP contribution in [0.1, 0.15) is 24.2 Å². The largest absolute Gasteiger partial charge is 0.480 e. The lowest BCUT2D eigenvalue weighted by molar-refractivity contribution is -0.157. The third-order valence-electron chi connectivity index (χ3n) is 3.86. The molecule has 30 heavy (non-hydrogen) atoms. The summed E-state index contributed by atoms with van der Waals surface area (Å²) in [4.78, 5) is 60.5. The average Bonchev–Trinajstić information content (AvgIpc) is 2.62. The lowest BCUT2D eigenvalue weighted by Gasteiger charge is -2.30. The van der Waals surface area contributed by atoms with E-state index in [0.29, 0.717) is 0 Å². The molecule has 0 unspecified atom stereocenters. The number of Topliss-reactive ketones (excluding diaryl/α,β-unsaturated/α-hetero) is 1. The molecule has 1 rings (SSSR count). The molecule has 1 aromatic rings. The van der Waals surface area contributed by atoms with Gasteiger partial charge in [-0.1, -0.05) is 18.2 Å². The van der Waals surface area contributed by atoms with E-state index in [9.17, 15) is 37.5 Å². The van der Waals surface area contributed by atoms with Crippen molar-refractivity contribution in [1.82, 2.24) is 10.2 Å². The Balaban J connectivity index is 3.29. The first-order valence-corrected chi connectivity index (χ1v) is 10.4. The normalized spacial score (nSPS) is 14.1. The van der Waals surface area contributed by atoms with Gasteiger partial charge in [-0.25, -0.2) is 4.79 Å². The minimum atomic E-state index is -4.79. The summed E-state index contributed by atoms with van der Waals surface area (Å²) in [6.07, 6.45) is 0. The number of imide groups is 1. The Morgan fingerprint density at radius 3 is 1.97 bits per heavy atom. The fourth-order valence-corrected chi connectivity index (χ4v) is 3.71. The summed E-state index contributed by atoms with van der Waals surface area (Å²) in [5, 5.41) is 9.63. The minimum Gasteiger partial charge on any atom is -0.480 e. The second-order valence-corrected chi connectivity index (χ2v) is 8.23. The average molecular weight is 460 g/mol. The van der Waals surface area contributed by atoms with Gasteiger partial charge < -0.3 is 10.4 Å². The summed E-state index contributed by atoms with van der Waals surface area (Å²) in [5.74, 6) is -7.11. The Kier molecular flexibility index (Phi) is 8.69. The molecule has 3 amide bonds. The standard InChI is InChI=1S/C17H20N2O9S2/c1-9(20)19(10(2)21)13(17(24)25)15(29)14(22)12(8-30(26,27)28)18-16(23)11-6-4-3-5-7-11/h3-7,12-13,15,29H,8H2,1-2H3,(H,18,23)(H,24,25)(H,26,27,28)/t12-,13-,15-/m0/s1. The first-order valence-electron chi connectivity index (χ1n) is 8.32. The fraction of sp³-hybridized carbons (Fsp3) is 0.353. The molecule has 0 saturated heterocycles. The molecule has 3 N–H and O–H groups in total. The van der Waals surface area contributed by atoms with Gasteiger partial charge in [0.15, 0.2) is 11.8 Å². The predicted molar refractivity (Wildman–Crippen MR) is 107 cm³/mol. The maximum atomic E-state index is 12.8. The van der Waals surface area contributed by atoms with Crippen LogP contribution in [0.4, 0.5) is 0 Å². The van der Waals surface area contributed by atoms with E-state index in [0.717, 1.165) is 13.8 Å². The molecule has 0 bridgehead atoms. The molecule has 0 radical (unpaired) electrons. The van der Waals surface area contributed by atoms with E-state index >= 15 is 0 Å². The molecular weight excluding hydrogens is 440 g/mol. The minimum absolute atomic E-state index is 0.0604. The number of carboxylic acid groups (broad SMARTS) is 1. The van der Waals surface area contributed by atoms with E-state index in [1.807, 2.05) is 0 Å². The van der Waals surface area contributed by atoms with Crippen molar-refractivity contribution in [2.45, 2.75) is 31.2 Å². The molecule has 0 aliphatic carbocycles. The lowest BCUT2D eigenvalue weighted by atomic mass is 10.0. The first-order chi connectivity index (χ1) is 13.8. The monoisotopic (exact) mass is 460 g/mol. The molecule has 11 nitrogen and oxygen atoms in total. The van der Waals surface area contributed by atoms with Crippen molar-refractivity contribution in [2.75, 3.05) is 5.75 Å². The number of rotatable bonds is 9. The molecule has 0 saturated carbocycles. The van der Waals surface area contributed by atoms with Crippen molar-refractivity contribution < 1.29 is 42.0 Å². The molecule has 164 valence electrons. The van der Waals surface area contributed by atoms with Gasteiger partial charge in [-0.05, 0) is 12.1 Å². The van der Waals surface area contributed by atoms with Gasteiger partial charge >= 0.3 is 5.97 Å². The van der Waals surface area contributed by atoms with E-state index in [1.165, 1.54) is 24.3 Å². The maximum Gasteiger partial charge on any atom is 0.328 e. The van der Waals surface area contributed by atoms with Crippen LogP contribution in [-0.4, -0.2) is 75.5 Å². The lowest BCUT2D eigenvalue weighted by Crippen LogP contribution is -2.58. The number of hydrogen-bond donors (Lipinski definition) is 4. The second kappa shape index (κ2) is 10.3. The number of thiol groups is 1. The zero-order chi connectivity index (χ0) is 23.2. The molecular formula is C17H20N2O9S2. The number of carboxylic acids is 1. The Bertz CT molecular complexity index is 933. The number of carbonyl (C=O) groups is 5. The first kappa shape index (κ1) is 25.3. The number of hydrogen-bond acceptors (Lipinski definition) is 8. The van der Waals surface area contributed by atoms with Gasteiger partial charge in [-0.3, -0.25) is 28.6 Å². The molecule has 13 heteroatoms. The number of carbonyl (C=O) groups excluding carboxylic acids is 4. The van der Waals surface area contributed by atoms with Crippen molar-refractivity contribution in [3.8, 4) is 0 Å². The summed E-state index contributed by atoms with van der Waals surface area (Å²) in [7, 11) is -4.79. The highest BCUT2D eigenvalue weighted by atomic mass is 32.2. The Morgan fingerprint density at radius 2 is 1.57 bits per heavy atom. The van der Waals surface area contributed by atoms with Crippen LogP contribution in [0.2, 0.25) is 0 Å². The van der Waals surface area contributed by atoms with Crippen LogP contribution in [0.3, 0.4) is 0 Å². The number of nitrogens with zero attached hydrogens (tertiary/aromatic N) is 1. The zero-order valence-electron chi connectivity index (χ0n) is 15.9. The number of amides is 3. The van der Waals surface area contributed by atoms with Crippen LogP contribution in [0, 0.1) is 0 Å². The summed E-state index contributed by atoms with van der Waals surface area (Å²) in [6, 6.07) is 3.39. The van der Waals surface area contributed by atoms with Gasteiger partial charge in [0.1, 0.15) is 11.8 Å². The molecule has 0 aromatic heterocycles. The summed E-state index contributed by atoms with van der Waals surface area (Å²) >= 11 is 3.88. The van der Waals surface area contributed by atoms with Crippen molar-refractivity contribution in [3.63, 3.8) is 0 Å². The summed E-state index contributed by atoms with van der Waals surface area (Å²) in [6.45, 7) is 1.80. The van der Waals surface area contributed by atoms with Crippen LogP contribution >= 0.6 is 12.6 Å². The zero-order valence-corrected chi connectivity index (χ0v) is 17.6. The Hall–Kier alpha value is -2.77. The highest BCUT2D eigenvalue weighted by Gasteiger charge is 2.42. The summed E-state index contributed by atoms with van der Waals surface area (Å²) < 4.78 is 31.8. The summed E-state index contributed by atoms with van der Waals surface area (Å²) in [5.41, 5.74) is 0.0604. The van der Waals surface area contributed by atoms with Gasteiger partial charge in [0.2, 0.25) is 11.8 Å². The predicted octanol–water partition coefficient (Wildman–Crippen LogP) is -0.611. The van der Waals surface area contributed by atoms with E-state index < -0.39 is 62.7 Å². The number of ketones is 1. The van der Waals surface area contributed by atoms with Crippen LogP contribution in [0.25, 0.3) is 0 Å². The van der Waals surface area contributed by atoms with E-state index in [-0.39, 0.29) is 10.5 Å². The van der Waals surface area contributed by atoms with Crippen LogP contribution < -0.4 is 5.32 Å². The SMILES string of the molecule is CC(=O)N(C(C)=O)[C@H](C(=O)O)[C@H](S)C(=O)[C@H](CS(=O)(=O)O)NC(=O)c1ccccc1. The van der Waals surface area contributed by atoms with Crippen molar-refractivity contribution in [3.05, 3.63) is 35.9 Å². The molecule has 0 heterocycles. The van der Waals surface area contributed by atoms with Gasteiger partial charge in [0.05, 0.1) is 5.25 Å². The Morgan fingerprint density at radius 1 is 1.07 bits per heavy atom. The van der Waals surface area contributed by atoms with Crippen molar-refractivity contribution in [2.24, 2.45) is 0 Å². The second-order valence-electron chi connectivity index (χ2n) is 6.18. The molecule has 0 fully saturated rings. The van der Waals surface area contributed by atoms with Gasteiger partial charge in [-0.15, -0.1) is 0 Å². The number of aliphatic carboxylic acids is 1.